The minimum atomic E-state index is -0.476. The molecular formula is C12H21NO3. The second-order valence-corrected chi connectivity index (χ2v) is 4.67. The van der Waals surface area contributed by atoms with Crippen LogP contribution in [0.2, 0.25) is 0 Å². The molecule has 0 aromatic rings. The largest absolute Gasteiger partial charge is 0.463 e. The van der Waals surface area contributed by atoms with Crippen LogP contribution in [0.1, 0.15) is 41.5 Å². The quantitative estimate of drug-likeness (QED) is 0.592. The number of allylic oxidation sites excluding steroid dienone is 1. The highest BCUT2D eigenvalue weighted by molar-refractivity contribution is 5.90. The van der Waals surface area contributed by atoms with Crippen LogP contribution in [0.25, 0.3) is 0 Å². The summed E-state index contributed by atoms with van der Waals surface area (Å²) in [4.78, 5) is 23.0. The van der Waals surface area contributed by atoms with Crippen molar-refractivity contribution in [2.75, 3.05) is 6.61 Å². The highest BCUT2D eigenvalue weighted by atomic mass is 16.5. The fraction of sp³-hybridized carbons (Fsp3) is 0.667. The Morgan fingerprint density at radius 3 is 2.06 bits per heavy atom. The van der Waals surface area contributed by atoms with Crippen molar-refractivity contribution in [1.29, 1.82) is 0 Å². The normalized spacial score (nSPS) is 12.9. The third-order valence-electron chi connectivity index (χ3n) is 2.13. The van der Waals surface area contributed by atoms with E-state index in [9.17, 15) is 9.59 Å². The van der Waals surface area contributed by atoms with Gasteiger partial charge in [0.25, 0.3) is 0 Å². The van der Waals surface area contributed by atoms with Crippen molar-refractivity contribution >= 4 is 11.9 Å². The molecule has 0 aromatic carbocycles. The Morgan fingerprint density at radius 2 is 1.69 bits per heavy atom. The molecule has 0 spiro atoms. The molecule has 1 amide bonds. The molecule has 0 bridgehead atoms. The van der Waals surface area contributed by atoms with Crippen molar-refractivity contribution < 1.29 is 14.3 Å². The minimum absolute atomic E-state index is 0.117. The summed E-state index contributed by atoms with van der Waals surface area (Å²) in [6.45, 7) is 10.8. The van der Waals surface area contributed by atoms with Gasteiger partial charge in [-0.25, -0.2) is 4.79 Å². The molecule has 0 atom stereocenters. The molecule has 4 heteroatoms. The average Bonchev–Trinajstić information content (AvgIpc) is 2.15. The first-order valence-electron chi connectivity index (χ1n) is 5.36. The Balaban J connectivity index is 4.67. The molecular weight excluding hydrogens is 206 g/mol. The first kappa shape index (κ1) is 14.7. The first-order chi connectivity index (χ1) is 7.20. The summed E-state index contributed by atoms with van der Waals surface area (Å²) in [6.07, 6.45) is 0. The summed E-state index contributed by atoms with van der Waals surface area (Å²) < 4.78 is 4.84. The van der Waals surface area contributed by atoms with Crippen LogP contribution in [-0.2, 0) is 14.3 Å². The third kappa shape index (κ3) is 4.47. The van der Waals surface area contributed by atoms with Crippen LogP contribution in [0, 0.1) is 5.41 Å². The second kappa shape index (κ2) is 5.68. The number of hydrogen-bond donors (Lipinski definition) is 1. The maximum absolute atomic E-state index is 11.7. The van der Waals surface area contributed by atoms with E-state index in [4.69, 9.17) is 4.74 Å². The predicted octanol–water partition coefficient (Wildman–Crippen LogP) is 2.01. The van der Waals surface area contributed by atoms with E-state index in [0.29, 0.717) is 17.9 Å². The van der Waals surface area contributed by atoms with Crippen LogP contribution < -0.4 is 5.32 Å². The zero-order valence-electron chi connectivity index (χ0n) is 10.9. The molecule has 0 aromatic heterocycles. The summed E-state index contributed by atoms with van der Waals surface area (Å²) in [5, 5.41) is 2.70. The summed E-state index contributed by atoms with van der Waals surface area (Å²) >= 11 is 0. The van der Waals surface area contributed by atoms with Gasteiger partial charge in [0, 0.05) is 11.1 Å². The van der Waals surface area contributed by atoms with Gasteiger partial charge in [0.05, 0.1) is 12.2 Å². The number of carbonyl (C=O) groups is 2. The van der Waals surface area contributed by atoms with Gasteiger partial charge in [-0.3, -0.25) is 4.79 Å². The van der Waals surface area contributed by atoms with Crippen LogP contribution in [0.15, 0.2) is 11.3 Å². The number of hydrogen-bond acceptors (Lipinski definition) is 3. The number of esters is 1. The fourth-order valence-electron chi connectivity index (χ4n) is 0.844. The Kier molecular flexibility index (Phi) is 5.21. The molecule has 92 valence electrons. The standard InChI is InChI=1S/C12H21NO3/c1-7-16-10(14)8(2)9(3)13-11(15)12(4,5)6/h7H2,1-6H3,(H,13,15)/b9-8-. The highest BCUT2D eigenvalue weighted by Crippen LogP contribution is 2.14. The van der Waals surface area contributed by atoms with Gasteiger partial charge in [0.1, 0.15) is 0 Å². The molecule has 0 saturated heterocycles. The van der Waals surface area contributed by atoms with Crippen LogP contribution >= 0.6 is 0 Å². The lowest BCUT2D eigenvalue weighted by Crippen LogP contribution is -2.34. The van der Waals surface area contributed by atoms with Crippen molar-refractivity contribution in [3.63, 3.8) is 0 Å². The summed E-state index contributed by atoms with van der Waals surface area (Å²) in [7, 11) is 0. The van der Waals surface area contributed by atoms with Gasteiger partial charge in [-0.15, -0.1) is 0 Å². The third-order valence-corrected chi connectivity index (χ3v) is 2.13. The van der Waals surface area contributed by atoms with E-state index < -0.39 is 11.4 Å². The van der Waals surface area contributed by atoms with E-state index in [1.807, 2.05) is 20.8 Å². The smallest absolute Gasteiger partial charge is 0.335 e. The monoisotopic (exact) mass is 227 g/mol. The van der Waals surface area contributed by atoms with E-state index in [1.165, 1.54) is 0 Å². The minimum Gasteiger partial charge on any atom is -0.463 e. The molecule has 0 radical (unpaired) electrons. The topological polar surface area (TPSA) is 55.4 Å². The van der Waals surface area contributed by atoms with Crippen molar-refractivity contribution in [2.45, 2.75) is 41.5 Å². The van der Waals surface area contributed by atoms with Crippen molar-refractivity contribution in [3.05, 3.63) is 11.3 Å². The number of amides is 1. The fourth-order valence-corrected chi connectivity index (χ4v) is 0.844. The Morgan fingerprint density at radius 1 is 1.19 bits per heavy atom. The van der Waals surface area contributed by atoms with E-state index >= 15 is 0 Å². The Bertz CT molecular complexity index is 311. The van der Waals surface area contributed by atoms with Gasteiger partial charge in [0.2, 0.25) is 5.91 Å². The first-order valence-corrected chi connectivity index (χ1v) is 5.36. The summed E-state index contributed by atoms with van der Waals surface area (Å²) in [5.74, 6) is -0.511. The summed E-state index contributed by atoms with van der Waals surface area (Å²) in [5.41, 5.74) is 0.494. The SMILES string of the molecule is CCOC(=O)/C(C)=C(/C)NC(=O)C(C)(C)C. The molecule has 0 fully saturated rings. The van der Waals surface area contributed by atoms with E-state index in [0.717, 1.165) is 0 Å². The molecule has 0 aliphatic heterocycles. The van der Waals surface area contributed by atoms with E-state index in [-0.39, 0.29) is 5.91 Å². The molecule has 16 heavy (non-hydrogen) atoms. The van der Waals surface area contributed by atoms with Gasteiger partial charge in [0.15, 0.2) is 0 Å². The van der Waals surface area contributed by atoms with Gasteiger partial charge >= 0.3 is 5.97 Å². The van der Waals surface area contributed by atoms with Crippen molar-refractivity contribution in [3.8, 4) is 0 Å². The lowest BCUT2D eigenvalue weighted by Gasteiger charge is -2.18. The van der Waals surface area contributed by atoms with Gasteiger partial charge in [-0.2, -0.15) is 0 Å². The Labute approximate surface area is 97.1 Å². The molecule has 0 aliphatic rings. The maximum atomic E-state index is 11.7. The van der Waals surface area contributed by atoms with Gasteiger partial charge < -0.3 is 10.1 Å². The van der Waals surface area contributed by atoms with E-state index in [1.54, 1.807) is 20.8 Å². The van der Waals surface area contributed by atoms with Gasteiger partial charge in [-0.1, -0.05) is 20.8 Å². The van der Waals surface area contributed by atoms with Crippen molar-refractivity contribution in [2.24, 2.45) is 5.41 Å². The molecule has 1 N–H and O–H groups in total. The average molecular weight is 227 g/mol. The number of carbonyl (C=O) groups excluding carboxylic acids is 2. The van der Waals surface area contributed by atoms with Crippen LogP contribution in [-0.4, -0.2) is 18.5 Å². The number of rotatable bonds is 3. The lowest BCUT2D eigenvalue weighted by molar-refractivity contribution is -0.138. The molecule has 0 heterocycles. The number of ether oxygens (including phenoxy) is 1. The van der Waals surface area contributed by atoms with Crippen LogP contribution in [0.3, 0.4) is 0 Å². The zero-order valence-corrected chi connectivity index (χ0v) is 10.9. The van der Waals surface area contributed by atoms with Crippen LogP contribution in [0.5, 0.6) is 0 Å². The molecule has 4 nitrogen and oxygen atoms in total. The molecule has 0 unspecified atom stereocenters. The summed E-state index contributed by atoms with van der Waals surface area (Å²) in [6, 6.07) is 0. The zero-order chi connectivity index (χ0) is 12.9. The second-order valence-electron chi connectivity index (χ2n) is 4.67. The predicted molar refractivity (Wildman–Crippen MR) is 62.6 cm³/mol. The lowest BCUT2D eigenvalue weighted by atomic mass is 9.95. The molecule has 0 rings (SSSR count). The maximum Gasteiger partial charge on any atom is 0.335 e. The molecule has 0 aliphatic carbocycles. The molecule has 0 saturated carbocycles. The Hall–Kier alpha value is -1.32. The highest BCUT2D eigenvalue weighted by Gasteiger charge is 2.22. The van der Waals surface area contributed by atoms with Crippen LogP contribution in [0.4, 0.5) is 0 Å². The number of nitrogens with one attached hydrogen (secondary N) is 1. The van der Waals surface area contributed by atoms with Gasteiger partial charge in [-0.05, 0) is 20.8 Å². The van der Waals surface area contributed by atoms with Crippen molar-refractivity contribution in [1.82, 2.24) is 5.32 Å². The van der Waals surface area contributed by atoms with E-state index in [2.05, 4.69) is 5.32 Å².